The predicted molar refractivity (Wildman–Crippen MR) is 57.9 cm³/mol. The van der Waals surface area contributed by atoms with Gasteiger partial charge in [0.1, 0.15) is 0 Å². The van der Waals surface area contributed by atoms with E-state index in [9.17, 15) is 0 Å². The highest BCUT2D eigenvalue weighted by Crippen LogP contribution is 2.26. The summed E-state index contributed by atoms with van der Waals surface area (Å²) < 4.78 is 0. The molecule has 2 aromatic rings. The zero-order valence-corrected chi connectivity index (χ0v) is 8.31. The van der Waals surface area contributed by atoms with Crippen LogP contribution in [-0.4, -0.2) is 4.98 Å². The van der Waals surface area contributed by atoms with Crippen LogP contribution in [0.25, 0.3) is 11.1 Å². The smallest absolute Gasteiger partial charge is 0.0998 e. The highest BCUT2D eigenvalue weighted by atomic mass is 14.6. The van der Waals surface area contributed by atoms with E-state index in [4.69, 9.17) is 10.5 Å². The lowest BCUT2D eigenvalue weighted by Gasteiger charge is -2.05. The van der Waals surface area contributed by atoms with Crippen molar-refractivity contribution in [3.63, 3.8) is 0 Å². The molecule has 0 aliphatic rings. The van der Waals surface area contributed by atoms with E-state index in [2.05, 4.69) is 23.3 Å². The molecule has 0 spiro atoms. The number of rotatable bonds is 1. The molecule has 3 heteroatoms. The average Bonchev–Trinajstić information content (AvgIpc) is 2.38. The first kappa shape index (κ1) is 9.89. The SMILES string of the molecule is N#Cc1cccc(C#N)c1-c1c[c]ncc1. The van der Waals surface area contributed by atoms with Gasteiger partial charge in [-0.25, -0.2) is 0 Å². The largest absolute Gasteiger partial charge is 0.255 e. The molecule has 3 nitrogen and oxygen atoms in total. The van der Waals surface area contributed by atoms with Crippen LogP contribution in [-0.2, 0) is 0 Å². The summed E-state index contributed by atoms with van der Waals surface area (Å²) in [6.45, 7) is 0. The van der Waals surface area contributed by atoms with Crippen molar-refractivity contribution in [2.75, 3.05) is 0 Å². The van der Waals surface area contributed by atoms with E-state index in [1.807, 2.05) is 0 Å². The molecular formula is C13H6N3. The van der Waals surface area contributed by atoms with Gasteiger partial charge in [-0.1, -0.05) is 6.07 Å². The van der Waals surface area contributed by atoms with Crippen molar-refractivity contribution in [3.05, 3.63) is 53.9 Å². The Balaban J connectivity index is 2.74. The van der Waals surface area contributed by atoms with Gasteiger partial charge in [0.2, 0.25) is 0 Å². The second-order valence-corrected chi connectivity index (χ2v) is 3.13. The van der Waals surface area contributed by atoms with E-state index >= 15 is 0 Å². The van der Waals surface area contributed by atoms with Crippen molar-refractivity contribution >= 4 is 0 Å². The molecule has 16 heavy (non-hydrogen) atoms. The first-order chi connectivity index (χ1) is 7.86. The molecule has 0 unspecified atom stereocenters. The van der Waals surface area contributed by atoms with E-state index in [1.165, 1.54) is 0 Å². The minimum absolute atomic E-state index is 0.485. The van der Waals surface area contributed by atoms with Gasteiger partial charge in [0, 0.05) is 11.8 Å². The van der Waals surface area contributed by atoms with Gasteiger partial charge >= 0.3 is 0 Å². The summed E-state index contributed by atoms with van der Waals surface area (Å²) >= 11 is 0. The number of benzene rings is 1. The summed E-state index contributed by atoms with van der Waals surface area (Å²) in [5.74, 6) is 0. The van der Waals surface area contributed by atoms with Crippen LogP contribution in [0.4, 0.5) is 0 Å². The fourth-order valence-electron chi connectivity index (χ4n) is 1.52. The Morgan fingerprint density at radius 3 is 2.25 bits per heavy atom. The molecule has 0 bridgehead atoms. The van der Waals surface area contributed by atoms with Crippen LogP contribution in [0.2, 0.25) is 0 Å². The Morgan fingerprint density at radius 2 is 1.75 bits per heavy atom. The third kappa shape index (κ3) is 1.63. The summed E-state index contributed by atoms with van der Waals surface area (Å²) in [5, 5.41) is 18.0. The molecule has 0 aliphatic carbocycles. The Hall–Kier alpha value is -2.65. The summed E-state index contributed by atoms with van der Waals surface area (Å²) in [6.07, 6.45) is 4.28. The molecule has 1 heterocycles. The van der Waals surface area contributed by atoms with Crippen molar-refractivity contribution < 1.29 is 0 Å². The second-order valence-electron chi connectivity index (χ2n) is 3.13. The number of nitriles is 2. The highest BCUT2D eigenvalue weighted by Gasteiger charge is 2.09. The first-order valence-corrected chi connectivity index (χ1v) is 4.62. The van der Waals surface area contributed by atoms with Crippen molar-refractivity contribution in [1.29, 1.82) is 10.5 Å². The van der Waals surface area contributed by atoms with Gasteiger partial charge in [0.05, 0.1) is 29.5 Å². The molecule has 0 aliphatic heterocycles. The van der Waals surface area contributed by atoms with Gasteiger partial charge in [0.15, 0.2) is 0 Å². The maximum atomic E-state index is 9.01. The number of aromatic nitrogens is 1. The third-order valence-corrected chi connectivity index (χ3v) is 2.22. The third-order valence-electron chi connectivity index (χ3n) is 2.22. The Morgan fingerprint density at radius 1 is 1.06 bits per heavy atom. The number of hydrogen-bond acceptors (Lipinski definition) is 3. The molecular weight excluding hydrogens is 198 g/mol. The van der Waals surface area contributed by atoms with E-state index in [0.29, 0.717) is 16.7 Å². The van der Waals surface area contributed by atoms with Crippen molar-refractivity contribution in [2.24, 2.45) is 0 Å². The molecule has 0 fully saturated rings. The monoisotopic (exact) mass is 204 g/mol. The number of nitrogens with zero attached hydrogens (tertiary/aromatic N) is 3. The lowest BCUT2D eigenvalue weighted by Crippen LogP contribution is -1.89. The first-order valence-electron chi connectivity index (χ1n) is 4.62. The average molecular weight is 204 g/mol. The molecule has 0 saturated carbocycles. The molecule has 0 saturated heterocycles. The van der Waals surface area contributed by atoms with Crippen molar-refractivity contribution in [2.45, 2.75) is 0 Å². The molecule has 0 atom stereocenters. The normalized spacial score (nSPS) is 9.12. The lowest BCUT2D eigenvalue weighted by molar-refractivity contribution is 1.31. The molecule has 1 radical (unpaired) electrons. The molecule has 1 aromatic heterocycles. The van der Waals surface area contributed by atoms with Crippen LogP contribution in [0.5, 0.6) is 0 Å². The molecule has 2 rings (SSSR count). The van der Waals surface area contributed by atoms with Crippen LogP contribution in [0, 0.1) is 28.9 Å². The van der Waals surface area contributed by atoms with Crippen LogP contribution in [0.3, 0.4) is 0 Å². The van der Waals surface area contributed by atoms with Gasteiger partial charge in [-0.05, 0) is 29.8 Å². The van der Waals surface area contributed by atoms with E-state index in [-0.39, 0.29) is 0 Å². The van der Waals surface area contributed by atoms with Crippen molar-refractivity contribution in [3.8, 4) is 23.3 Å². The van der Waals surface area contributed by atoms with Gasteiger partial charge in [-0.2, -0.15) is 10.5 Å². The van der Waals surface area contributed by atoms with E-state index < -0.39 is 0 Å². The topological polar surface area (TPSA) is 60.5 Å². The van der Waals surface area contributed by atoms with E-state index in [0.717, 1.165) is 5.56 Å². The lowest BCUT2D eigenvalue weighted by atomic mass is 9.96. The molecule has 0 amide bonds. The van der Waals surface area contributed by atoms with Gasteiger partial charge in [-0.15, -0.1) is 0 Å². The van der Waals surface area contributed by atoms with Gasteiger partial charge in [0.25, 0.3) is 0 Å². The Bertz CT molecular complexity index is 557. The van der Waals surface area contributed by atoms with Gasteiger partial charge < -0.3 is 0 Å². The maximum absolute atomic E-state index is 9.01. The molecule has 73 valence electrons. The fraction of sp³-hybridized carbons (Fsp3) is 0. The van der Waals surface area contributed by atoms with Crippen LogP contribution in [0.15, 0.2) is 36.5 Å². The fourth-order valence-corrected chi connectivity index (χ4v) is 1.52. The molecule has 0 N–H and O–H groups in total. The summed E-state index contributed by atoms with van der Waals surface area (Å²) in [7, 11) is 0. The van der Waals surface area contributed by atoms with Crippen molar-refractivity contribution in [1.82, 2.24) is 4.98 Å². The zero-order valence-electron chi connectivity index (χ0n) is 8.31. The van der Waals surface area contributed by atoms with Crippen LogP contribution >= 0.6 is 0 Å². The maximum Gasteiger partial charge on any atom is 0.0998 e. The minimum atomic E-state index is 0.485. The van der Waals surface area contributed by atoms with Gasteiger partial charge in [-0.3, -0.25) is 4.98 Å². The number of hydrogen-bond donors (Lipinski definition) is 0. The van der Waals surface area contributed by atoms with Crippen LogP contribution < -0.4 is 0 Å². The minimum Gasteiger partial charge on any atom is -0.255 e. The molecule has 1 aromatic carbocycles. The Labute approximate surface area is 93.2 Å². The second kappa shape index (κ2) is 4.25. The predicted octanol–water partition coefficient (Wildman–Crippen LogP) is 2.29. The Kier molecular flexibility index (Phi) is 2.63. The summed E-state index contributed by atoms with van der Waals surface area (Å²) in [6, 6.07) is 12.7. The standard InChI is InChI=1S/C13H6N3/c14-8-11-2-1-3-12(9-15)13(11)10-4-6-16-7-5-10/h1-6H. The summed E-state index contributed by atoms with van der Waals surface area (Å²) in [5.41, 5.74) is 2.40. The highest BCUT2D eigenvalue weighted by molar-refractivity contribution is 5.76. The quantitative estimate of drug-likeness (QED) is 0.716. The van der Waals surface area contributed by atoms with E-state index in [1.54, 1.807) is 36.5 Å². The summed E-state index contributed by atoms with van der Waals surface area (Å²) in [4.78, 5) is 3.79. The zero-order chi connectivity index (χ0) is 11.4. The van der Waals surface area contributed by atoms with Crippen LogP contribution in [0.1, 0.15) is 11.1 Å². The number of pyridine rings is 1.